The van der Waals surface area contributed by atoms with Crippen molar-refractivity contribution in [1.29, 1.82) is 0 Å². The number of rotatable bonds is 2. The van der Waals surface area contributed by atoms with Crippen LogP contribution >= 0.6 is 0 Å². The Labute approximate surface area is 146 Å². The molecule has 1 amide bonds. The van der Waals surface area contributed by atoms with Gasteiger partial charge in [0.1, 0.15) is 5.82 Å². The third-order valence-electron chi connectivity index (χ3n) is 4.04. The molecule has 1 N–H and O–H groups in total. The van der Waals surface area contributed by atoms with Gasteiger partial charge in [-0.15, -0.1) is 5.10 Å². The molecule has 0 unspecified atom stereocenters. The fraction of sp³-hybridized carbons (Fsp3) is 0.438. The van der Waals surface area contributed by atoms with E-state index in [9.17, 15) is 22.4 Å². The minimum absolute atomic E-state index is 0.0599. The SMILES string of the molecule is C[C@@H]1CN(C(=O)c2nnn(-c3cccc(F)c3)c2C(F)(F)F)C[C@H](C)N1. The monoisotopic (exact) mass is 371 g/mol. The van der Waals surface area contributed by atoms with Crippen LogP contribution in [0.2, 0.25) is 0 Å². The van der Waals surface area contributed by atoms with E-state index in [1.807, 2.05) is 13.8 Å². The van der Waals surface area contributed by atoms with Crippen molar-refractivity contribution in [3.05, 3.63) is 41.5 Å². The zero-order valence-corrected chi connectivity index (χ0v) is 14.1. The summed E-state index contributed by atoms with van der Waals surface area (Å²) < 4.78 is 54.7. The number of carbonyl (C=O) groups excluding carboxylic acids is 1. The van der Waals surface area contributed by atoms with Crippen LogP contribution in [0.15, 0.2) is 24.3 Å². The molecule has 2 heterocycles. The molecule has 10 heteroatoms. The van der Waals surface area contributed by atoms with Crippen LogP contribution in [0, 0.1) is 5.82 Å². The molecule has 6 nitrogen and oxygen atoms in total. The first-order valence-electron chi connectivity index (χ1n) is 8.01. The number of hydrogen-bond donors (Lipinski definition) is 1. The summed E-state index contributed by atoms with van der Waals surface area (Å²) in [7, 11) is 0. The molecule has 1 fully saturated rings. The highest BCUT2D eigenvalue weighted by atomic mass is 19.4. The highest BCUT2D eigenvalue weighted by molar-refractivity contribution is 5.93. The van der Waals surface area contributed by atoms with Crippen molar-refractivity contribution in [3.63, 3.8) is 0 Å². The maximum Gasteiger partial charge on any atom is 0.435 e. The first kappa shape index (κ1) is 18.3. The number of hydrogen-bond acceptors (Lipinski definition) is 4. The van der Waals surface area contributed by atoms with Crippen LogP contribution in [0.25, 0.3) is 5.69 Å². The summed E-state index contributed by atoms with van der Waals surface area (Å²) in [6.07, 6.45) is -4.88. The fourth-order valence-corrected chi connectivity index (χ4v) is 3.11. The Morgan fingerprint density at radius 1 is 1.23 bits per heavy atom. The Kier molecular flexibility index (Phi) is 4.70. The summed E-state index contributed by atoms with van der Waals surface area (Å²) in [5.41, 5.74) is -2.26. The van der Waals surface area contributed by atoms with E-state index in [0.717, 1.165) is 12.1 Å². The number of nitrogens with one attached hydrogen (secondary N) is 1. The predicted molar refractivity (Wildman–Crippen MR) is 84.3 cm³/mol. The molecule has 26 heavy (non-hydrogen) atoms. The van der Waals surface area contributed by atoms with E-state index in [4.69, 9.17) is 0 Å². The van der Waals surface area contributed by atoms with Crippen LogP contribution in [0.3, 0.4) is 0 Å². The highest BCUT2D eigenvalue weighted by Gasteiger charge is 2.43. The van der Waals surface area contributed by atoms with Crippen LogP contribution in [0.5, 0.6) is 0 Å². The average Bonchev–Trinajstić information content (AvgIpc) is 2.98. The largest absolute Gasteiger partial charge is 0.435 e. The van der Waals surface area contributed by atoms with Crippen molar-refractivity contribution in [1.82, 2.24) is 25.2 Å². The lowest BCUT2D eigenvalue weighted by molar-refractivity contribution is -0.143. The molecule has 1 aromatic carbocycles. The van der Waals surface area contributed by atoms with Crippen molar-refractivity contribution in [2.45, 2.75) is 32.1 Å². The fourth-order valence-electron chi connectivity index (χ4n) is 3.11. The van der Waals surface area contributed by atoms with Crippen molar-refractivity contribution < 1.29 is 22.4 Å². The van der Waals surface area contributed by atoms with Crippen molar-refractivity contribution in [2.75, 3.05) is 13.1 Å². The Bertz CT molecular complexity index is 809. The number of nitrogens with zero attached hydrogens (tertiary/aromatic N) is 4. The number of alkyl halides is 3. The number of carbonyl (C=O) groups is 1. The molecule has 0 aliphatic carbocycles. The highest BCUT2D eigenvalue weighted by Crippen LogP contribution is 2.33. The van der Waals surface area contributed by atoms with Gasteiger partial charge in [0.15, 0.2) is 11.4 Å². The van der Waals surface area contributed by atoms with E-state index in [0.29, 0.717) is 4.68 Å². The summed E-state index contributed by atoms with van der Waals surface area (Å²) >= 11 is 0. The smallest absolute Gasteiger partial charge is 0.334 e. The van der Waals surface area contributed by atoms with Crippen LogP contribution < -0.4 is 5.32 Å². The van der Waals surface area contributed by atoms with Crippen molar-refractivity contribution >= 4 is 5.91 Å². The quantitative estimate of drug-likeness (QED) is 0.823. The maximum absolute atomic E-state index is 13.6. The molecule has 0 saturated carbocycles. The zero-order valence-electron chi connectivity index (χ0n) is 14.1. The third-order valence-corrected chi connectivity index (χ3v) is 4.04. The summed E-state index contributed by atoms with van der Waals surface area (Å²) in [6.45, 7) is 4.19. The number of aromatic nitrogens is 3. The first-order chi connectivity index (χ1) is 12.2. The lowest BCUT2D eigenvalue weighted by Crippen LogP contribution is -2.56. The van der Waals surface area contributed by atoms with Crippen molar-refractivity contribution in [2.24, 2.45) is 0 Å². The van der Waals surface area contributed by atoms with Gasteiger partial charge in [-0.1, -0.05) is 11.3 Å². The second kappa shape index (κ2) is 6.67. The van der Waals surface area contributed by atoms with Crippen LogP contribution in [-0.2, 0) is 6.18 Å². The topological polar surface area (TPSA) is 63.1 Å². The average molecular weight is 371 g/mol. The first-order valence-corrected chi connectivity index (χ1v) is 8.01. The summed E-state index contributed by atoms with van der Waals surface area (Å²) in [4.78, 5) is 14.0. The molecule has 1 aliphatic heterocycles. The van der Waals surface area contributed by atoms with Gasteiger partial charge < -0.3 is 10.2 Å². The minimum Gasteiger partial charge on any atom is -0.334 e. The standard InChI is InChI=1S/C16H17F4N5O/c1-9-7-24(8-10(2)21-9)15(26)13-14(16(18,19)20)25(23-22-13)12-5-3-4-11(17)6-12/h3-6,9-10,21H,7-8H2,1-2H3/t9-,10+. The minimum atomic E-state index is -4.88. The number of halogens is 4. The summed E-state index contributed by atoms with van der Waals surface area (Å²) in [6, 6.07) is 4.39. The third kappa shape index (κ3) is 3.55. The molecule has 2 aromatic rings. The van der Waals surface area contributed by atoms with E-state index in [1.165, 1.54) is 17.0 Å². The molecule has 140 valence electrons. The number of piperazine rings is 1. The van der Waals surface area contributed by atoms with Gasteiger partial charge in [-0.05, 0) is 32.0 Å². The van der Waals surface area contributed by atoms with Crippen LogP contribution in [0.4, 0.5) is 17.6 Å². The Morgan fingerprint density at radius 3 is 2.46 bits per heavy atom. The van der Waals surface area contributed by atoms with E-state index in [1.54, 1.807) is 0 Å². The van der Waals surface area contributed by atoms with Crippen LogP contribution in [-0.4, -0.2) is 51.0 Å². The van der Waals surface area contributed by atoms with Gasteiger partial charge in [-0.3, -0.25) is 4.79 Å². The second-order valence-corrected chi connectivity index (χ2v) is 6.35. The summed E-state index contributed by atoms with van der Waals surface area (Å²) in [5, 5.41) is 10.1. The molecule has 0 bridgehead atoms. The van der Waals surface area contributed by atoms with Gasteiger partial charge in [-0.2, -0.15) is 13.2 Å². The lowest BCUT2D eigenvalue weighted by atomic mass is 10.1. The van der Waals surface area contributed by atoms with Gasteiger partial charge in [-0.25, -0.2) is 9.07 Å². The van der Waals surface area contributed by atoms with E-state index < -0.39 is 29.3 Å². The molecular weight excluding hydrogens is 354 g/mol. The van der Waals surface area contributed by atoms with Gasteiger partial charge in [0.2, 0.25) is 0 Å². The Balaban J connectivity index is 2.04. The molecule has 3 rings (SSSR count). The molecule has 0 spiro atoms. The van der Waals surface area contributed by atoms with E-state index in [2.05, 4.69) is 15.6 Å². The molecule has 1 aliphatic rings. The Hall–Kier alpha value is -2.49. The normalized spacial score (nSPS) is 21.1. The summed E-state index contributed by atoms with van der Waals surface area (Å²) in [5.74, 6) is -1.57. The predicted octanol–water partition coefficient (Wildman–Crippen LogP) is 2.25. The lowest BCUT2D eigenvalue weighted by Gasteiger charge is -2.35. The van der Waals surface area contributed by atoms with Crippen LogP contribution in [0.1, 0.15) is 30.0 Å². The molecule has 1 saturated heterocycles. The maximum atomic E-state index is 13.6. The van der Waals surface area contributed by atoms with Gasteiger partial charge in [0.25, 0.3) is 5.91 Å². The number of benzene rings is 1. The zero-order chi connectivity index (χ0) is 19.1. The van der Waals surface area contributed by atoms with Gasteiger partial charge in [0, 0.05) is 25.2 Å². The molecule has 1 aromatic heterocycles. The van der Waals surface area contributed by atoms with Gasteiger partial charge in [0.05, 0.1) is 5.69 Å². The van der Waals surface area contributed by atoms with E-state index >= 15 is 0 Å². The van der Waals surface area contributed by atoms with Gasteiger partial charge >= 0.3 is 6.18 Å². The Morgan fingerprint density at radius 2 is 1.88 bits per heavy atom. The molecular formula is C16H17F4N5O. The van der Waals surface area contributed by atoms with Crippen molar-refractivity contribution in [3.8, 4) is 5.69 Å². The molecule has 2 atom stereocenters. The molecule has 0 radical (unpaired) electrons. The number of amides is 1. The van der Waals surface area contributed by atoms with E-state index in [-0.39, 0.29) is 30.9 Å². The second-order valence-electron chi connectivity index (χ2n) is 6.35.